The fraction of sp³-hybridized carbons (Fsp3) is 0.118. The number of fused-ring (bicyclic) bond motifs is 1. The molecular formula is C17H15N3O3. The van der Waals surface area contributed by atoms with Crippen LogP contribution in [0.1, 0.15) is 11.3 Å². The van der Waals surface area contributed by atoms with Gasteiger partial charge in [0.1, 0.15) is 11.4 Å². The maximum Gasteiger partial charge on any atom is 0.271 e. The Balaban J connectivity index is 2.09. The largest absolute Gasteiger partial charge is 0.506 e. The van der Waals surface area contributed by atoms with Crippen LogP contribution in [0, 0.1) is 17.0 Å². The van der Waals surface area contributed by atoms with Gasteiger partial charge in [-0.2, -0.15) is 0 Å². The summed E-state index contributed by atoms with van der Waals surface area (Å²) < 4.78 is 2.06. The average molecular weight is 309 g/mol. The summed E-state index contributed by atoms with van der Waals surface area (Å²) in [5, 5.41) is 21.7. The van der Waals surface area contributed by atoms with Crippen LogP contribution < -0.4 is 0 Å². The predicted molar refractivity (Wildman–Crippen MR) is 89.7 cm³/mol. The van der Waals surface area contributed by atoms with Gasteiger partial charge in [-0.15, -0.1) is 0 Å². The van der Waals surface area contributed by atoms with E-state index >= 15 is 0 Å². The molecule has 0 unspecified atom stereocenters. The third kappa shape index (κ3) is 2.55. The lowest BCUT2D eigenvalue weighted by atomic mass is 10.1. The van der Waals surface area contributed by atoms with Crippen LogP contribution in [-0.4, -0.2) is 20.8 Å². The van der Waals surface area contributed by atoms with Crippen LogP contribution in [0.25, 0.3) is 10.9 Å². The summed E-state index contributed by atoms with van der Waals surface area (Å²) in [5.74, 6) is -0.0928. The van der Waals surface area contributed by atoms with Gasteiger partial charge >= 0.3 is 0 Å². The maximum absolute atomic E-state index is 10.8. The third-order valence-corrected chi connectivity index (χ3v) is 3.95. The van der Waals surface area contributed by atoms with Crippen LogP contribution >= 0.6 is 0 Å². The van der Waals surface area contributed by atoms with E-state index in [1.54, 1.807) is 6.21 Å². The summed E-state index contributed by atoms with van der Waals surface area (Å²) in [6.07, 6.45) is 1.64. The Hall–Kier alpha value is -3.15. The molecule has 0 saturated carbocycles. The van der Waals surface area contributed by atoms with E-state index in [1.165, 1.54) is 18.2 Å². The molecule has 6 nitrogen and oxygen atoms in total. The topological polar surface area (TPSA) is 80.7 Å². The van der Waals surface area contributed by atoms with Gasteiger partial charge in [0.25, 0.3) is 5.69 Å². The lowest BCUT2D eigenvalue weighted by Gasteiger charge is -1.99. The maximum atomic E-state index is 10.8. The molecule has 0 saturated heterocycles. The Labute approximate surface area is 132 Å². The number of para-hydroxylation sites is 1. The molecule has 0 aliphatic carbocycles. The Morgan fingerprint density at radius 1 is 1.26 bits per heavy atom. The van der Waals surface area contributed by atoms with Gasteiger partial charge in [0.15, 0.2) is 0 Å². The van der Waals surface area contributed by atoms with Crippen LogP contribution in [-0.2, 0) is 7.05 Å². The Kier molecular flexibility index (Phi) is 3.57. The van der Waals surface area contributed by atoms with Crippen LogP contribution in [0.3, 0.4) is 0 Å². The van der Waals surface area contributed by atoms with Gasteiger partial charge < -0.3 is 9.67 Å². The fourth-order valence-corrected chi connectivity index (χ4v) is 2.58. The van der Waals surface area contributed by atoms with Gasteiger partial charge in [0, 0.05) is 47.6 Å². The minimum atomic E-state index is -0.512. The van der Waals surface area contributed by atoms with E-state index in [0.717, 1.165) is 22.2 Å². The fourth-order valence-electron chi connectivity index (χ4n) is 2.58. The third-order valence-electron chi connectivity index (χ3n) is 3.95. The molecule has 0 amide bonds. The number of nitro benzene ring substituents is 1. The van der Waals surface area contributed by atoms with Crippen molar-refractivity contribution < 1.29 is 10.0 Å². The number of hydrogen-bond acceptors (Lipinski definition) is 4. The number of nitro groups is 1. The minimum Gasteiger partial charge on any atom is -0.506 e. The number of phenols is 1. The van der Waals surface area contributed by atoms with Gasteiger partial charge in [-0.25, -0.2) is 0 Å². The molecule has 0 fully saturated rings. The highest BCUT2D eigenvalue weighted by Crippen LogP contribution is 2.31. The van der Waals surface area contributed by atoms with E-state index in [9.17, 15) is 15.2 Å². The van der Waals surface area contributed by atoms with Crippen molar-refractivity contribution in [3.8, 4) is 5.75 Å². The van der Waals surface area contributed by atoms with Gasteiger partial charge in [0.2, 0.25) is 0 Å². The molecule has 3 aromatic rings. The number of rotatable bonds is 3. The van der Waals surface area contributed by atoms with Crippen LogP contribution in [0.2, 0.25) is 0 Å². The number of hydrogen-bond donors (Lipinski definition) is 1. The monoisotopic (exact) mass is 309 g/mol. The van der Waals surface area contributed by atoms with Crippen molar-refractivity contribution in [3.63, 3.8) is 0 Å². The average Bonchev–Trinajstić information content (AvgIpc) is 2.78. The van der Waals surface area contributed by atoms with Crippen LogP contribution in [0.4, 0.5) is 11.4 Å². The molecule has 1 aromatic heterocycles. The number of phenolic OH excluding ortho intramolecular Hbond substituents is 1. The van der Waals surface area contributed by atoms with E-state index in [0.29, 0.717) is 0 Å². The molecule has 0 bridgehead atoms. The van der Waals surface area contributed by atoms with Gasteiger partial charge in [-0.1, -0.05) is 18.2 Å². The van der Waals surface area contributed by atoms with Crippen molar-refractivity contribution in [1.82, 2.24) is 4.57 Å². The zero-order valence-electron chi connectivity index (χ0n) is 12.7. The molecule has 1 N–H and O–H groups in total. The zero-order chi connectivity index (χ0) is 16.6. The molecule has 0 aliphatic heterocycles. The number of aliphatic imine (C=N–C) groups is 1. The van der Waals surface area contributed by atoms with Crippen molar-refractivity contribution in [1.29, 1.82) is 0 Å². The first-order chi connectivity index (χ1) is 11.0. The van der Waals surface area contributed by atoms with Gasteiger partial charge in [-0.3, -0.25) is 15.1 Å². The molecule has 0 aliphatic rings. The molecule has 3 rings (SSSR count). The second-order valence-electron chi connectivity index (χ2n) is 5.26. The Morgan fingerprint density at radius 3 is 2.74 bits per heavy atom. The van der Waals surface area contributed by atoms with Crippen molar-refractivity contribution >= 4 is 28.5 Å². The SMILES string of the molecule is Cc1c(C=Nc2cc([N+](=O)[O-])ccc2O)c2ccccc2n1C. The second-order valence-corrected chi connectivity index (χ2v) is 5.26. The zero-order valence-corrected chi connectivity index (χ0v) is 12.7. The Bertz CT molecular complexity index is 942. The first kappa shape index (κ1) is 14.8. The van der Waals surface area contributed by atoms with E-state index in [1.807, 2.05) is 38.2 Å². The van der Waals surface area contributed by atoms with Crippen LogP contribution in [0.5, 0.6) is 5.75 Å². The number of aryl methyl sites for hydroxylation is 1. The minimum absolute atomic E-state index is 0.0928. The summed E-state index contributed by atoms with van der Waals surface area (Å²) in [6, 6.07) is 11.7. The number of nitrogens with zero attached hydrogens (tertiary/aromatic N) is 3. The van der Waals surface area contributed by atoms with Gasteiger partial charge in [-0.05, 0) is 19.1 Å². The van der Waals surface area contributed by atoms with Crippen molar-refractivity contribution in [3.05, 3.63) is 63.8 Å². The molecule has 116 valence electrons. The lowest BCUT2D eigenvalue weighted by molar-refractivity contribution is -0.384. The van der Waals surface area contributed by atoms with Crippen molar-refractivity contribution in [2.24, 2.45) is 12.0 Å². The highest BCUT2D eigenvalue weighted by Gasteiger charge is 2.11. The summed E-state index contributed by atoms with van der Waals surface area (Å²) in [4.78, 5) is 14.6. The second kappa shape index (κ2) is 5.57. The van der Waals surface area contributed by atoms with Crippen LogP contribution in [0.15, 0.2) is 47.5 Å². The first-order valence-electron chi connectivity index (χ1n) is 7.04. The molecule has 0 radical (unpaired) electrons. The molecule has 1 heterocycles. The highest BCUT2D eigenvalue weighted by molar-refractivity contribution is 6.01. The number of aromatic hydroxyl groups is 1. The summed E-state index contributed by atoms with van der Waals surface area (Å²) in [6.45, 7) is 1.98. The molecule has 0 spiro atoms. The molecule has 23 heavy (non-hydrogen) atoms. The van der Waals surface area contributed by atoms with E-state index in [4.69, 9.17) is 0 Å². The quantitative estimate of drug-likeness (QED) is 0.453. The number of benzene rings is 2. The van der Waals surface area contributed by atoms with Crippen molar-refractivity contribution in [2.45, 2.75) is 6.92 Å². The van der Waals surface area contributed by atoms with Gasteiger partial charge in [0.05, 0.1) is 4.92 Å². The highest BCUT2D eigenvalue weighted by atomic mass is 16.6. The smallest absolute Gasteiger partial charge is 0.271 e. The molecular weight excluding hydrogens is 294 g/mol. The Morgan fingerprint density at radius 2 is 2.00 bits per heavy atom. The molecule has 2 aromatic carbocycles. The normalized spacial score (nSPS) is 11.4. The summed E-state index contributed by atoms with van der Waals surface area (Å²) in [5.41, 5.74) is 3.10. The molecule has 6 heteroatoms. The summed E-state index contributed by atoms with van der Waals surface area (Å²) >= 11 is 0. The lowest BCUT2D eigenvalue weighted by Crippen LogP contribution is -1.91. The molecule has 0 atom stereocenters. The number of aromatic nitrogens is 1. The summed E-state index contributed by atoms with van der Waals surface area (Å²) in [7, 11) is 1.97. The number of non-ortho nitro benzene ring substituents is 1. The van der Waals surface area contributed by atoms with Crippen molar-refractivity contribution in [2.75, 3.05) is 0 Å². The van der Waals surface area contributed by atoms with E-state index < -0.39 is 4.92 Å². The predicted octanol–water partition coefficient (Wildman–Crippen LogP) is 3.85. The first-order valence-corrected chi connectivity index (χ1v) is 7.04. The van der Waals surface area contributed by atoms with E-state index in [-0.39, 0.29) is 17.1 Å². The van der Waals surface area contributed by atoms with E-state index in [2.05, 4.69) is 9.56 Å². The standard InChI is InChI=1S/C17H15N3O3/c1-11-14(13-5-3-4-6-16(13)19(11)2)10-18-15-9-12(20(22)23)7-8-17(15)21/h3-10,21H,1-2H3.